The molecule has 0 aliphatic carbocycles. The molecular formula is C18H29NO2. The summed E-state index contributed by atoms with van der Waals surface area (Å²) in [5, 5.41) is 9.64. The molecule has 1 unspecified atom stereocenters. The first-order valence-corrected chi connectivity index (χ1v) is 7.88. The summed E-state index contributed by atoms with van der Waals surface area (Å²) in [5.41, 5.74) is 2.19. The van der Waals surface area contributed by atoms with Crippen LogP contribution in [0.15, 0.2) is 24.3 Å². The predicted molar refractivity (Wildman–Crippen MR) is 87.7 cm³/mol. The number of aliphatic carboxylic acids is 1. The molecular weight excluding hydrogens is 262 g/mol. The molecule has 1 aromatic carbocycles. The zero-order valence-electron chi connectivity index (χ0n) is 14.0. The summed E-state index contributed by atoms with van der Waals surface area (Å²) in [7, 11) is 0. The summed E-state index contributed by atoms with van der Waals surface area (Å²) in [6, 6.07) is 7.51. The second kappa shape index (κ2) is 7.60. The maximum Gasteiger partial charge on any atom is 0.325 e. The summed E-state index contributed by atoms with van der Waals surface area (Å²) in [6.45, 7) is 12.3. The maximum absolute atomic E-state index is 11.7. The van der Waals surface area contributed by atoms with Gasteiger partial charge in [-0.2, -0.15) is 0 Å². The molecule has 1 atom stereocenters. The first-order valence-electron chi connectivity index (χ1n) is 7.88. The molecule has 0 amide bonds. The van der Waals surface area contributed by atoms with Gasteiger partial charge in [0.05, 0.1) is 0 Å². The van der Waals surface area contributed by atoms with E-state index in [1.54, 1.807) is 0 Å². The number of carboxylic acids is 1. The van der Waals surface area contributed by atoms with Gasteiger partial charge < -0.3 is 5.11 Å². The van der Waals surface area contributed by atoms with Gasteiger partial charge in [-0.05, 0) is 42.5 Å². The fourth-order valence-electron chi connectivity index (χ4n) is 2.62. The van der Waals surface area contributed by atoms with Crippen molar-refractivity contribution in [2.24, 2.45) is 0 Å². The summed E-state index contributed by atoms with van der Waals surface area (Å²) < 4.78 is 0. The Balaban J connectivity index is 3.07. The monoisotopic (exact) mass is 291 g/mol. The number of carbonyl (C=O) groups is 1. The lowest BCUT2D eigenvalue weighted by molar-refractivity contribution is -0.143. The van der Waals surface area contributed by atoms with Gasteiger partial charge in [-0.3, -0.25) is 9.69 Å². The number of rotatable bonds is 7. The summed E-state index contributed by atoms with van der Waals surface area (Å²) in [6.07, 6.45) is 1.92. The van der Waals surface area contributed by atoms with Gasteiger partial charge in [0, 0.05) is 0 Å². The normalized spacial score (nSPS) is 13.4. The second-order valence-electron chi connectivity index (χ2n) is 6.65. The topological polar surface area (TPSA) is 40.5 Å². The van der Waals surface area contributed by atoms with E-state index in [9.17, 15) is 9.90 Å². The highest BCUT2D eigenvalue weighted by molar-refractivity contribution is 5.75. The quantitative estimate of drug-likeness (QED) is 0.817. The number of hydrogen-bond acceptors (Lipinski definition) is 2. The van der Waals surface area contributed by atoms with Gasteiger partial charge in [-0.1, -0.05) is 58.9 Å². The molecule has 0 saturated heterocycles. The number of nitrogens with zero attached hydrogens (tertiary/aromatic N) is 1. The van der Waals surface area contributed by atoms with Gasteiger partial charge in [0.1, 0.15) is 6.04 Å². The Morgan fingerprint density at radius 3 is 1.90 bits per heavy atom. The summed E-state index contributed by atoms with van der Waals surface area (Å²) in [4.78, 5) is 13.8. The smallest absolute Gasteiger partial charge is 0.325 e. The standard InChI is InChI=1S/C18H29NO2/c1-6-12-19(13-7-2)16(17(20)21)14-8-10-15(11-9-14)18(3,4)5/h8-11,16H,6-7,12-13H2,1-5H3,(H,20,21). The zero-order chi connectivity index (χ0) is 16.0. The molecule has 1 aromatic rings. The second-order valence-corrected chi connectivity index (χ2v) is 6.65. The van der Waals surface area contributed by atoms with Crippen LogP contribution in [0.4, 0.5) is 0 Å². The van der Waals surface area contributed by atoms with Gasteiger partial charge >= 0.3 is 5.97 Å². The van der Waals surface area contributed by atoms with Crippen LogP contribution >= 0.6 is 0 Å². The van der Waals surface area contributed by atoms with Crippen molar-refractivity contribution in [3.8, 4) is 0 Å². The van der Waals surface area contributed by atoms with E-state index in [4.69, 9.17) is 0 Å². The number of carboxylic acid groups (broad SMARTS) is 1. The largest absolute Gasteiger partial charge is 0.480 e. The summed E-state index contributed by atoms with van der Waals surface area (Å²) >= 11 is 0. The first kappa shape index (κ1) is 17.7. The lowest BCUT2D eigenvalue weighted by Gasteiger charge is -2.29. The molecule has 3 heteroatoms. The maximum atomic E-state index is 11.7. The van der Waals surface area contributed by atoms with E-state index in [-0.39, 0.29) is 5.41 Å². The number of benzene rings is 1. The van der Waals surface area contributed by atoms with Crippen molar-refractivity contribution in [3.05, 3.63) is 35.4 Å². The third kappa shape index (κ3) is 4.85. The van der Waals surface area contributed by atoms with Crippen LogP contribution < -0.4 is 0 Å². The van der Waals surface area contributed by atoms with Gasteiger partial charge in [0.2, 0.25) is 0 Å². The Hall–Kier alpha value is -1.35. The number of hydrogen-bond donors (Lipinski definition) is 1. The molecule has 0 aliphatic heterocycles. The Kier molecular flexibility index (Phi) is 6.41. The third-order valence-electron chi connectivity index (χ3n) is 3.71. The Morgan fingerprint density at radius 2 is 1.57 bits per heavy atom. The van der Waals surface area contributed by atoms with Crippen LogP contribution in [0.3, 0.4) is 0 Å². The van der Waals surface area contributed by atoms with Crippen molar-refractivity contribution in [3.63, 3.8) is 0 Å². The fourth-order valence-corrected chi connectivity index (χ4v) is 2.62. The lowest BCUT2D eigenvalue weighted by atomic mass is 9.86. The van der Waals surface area contributed by atoms with Crippen LogP contribution in [0.2, 0.25) is 0 Å². The van der Waals surface area contributed by atoms with Gasteiger partial charge in [-0.25, -0.2) is 0 Å². The molecule has 0 aromatic heterocycles. The lowest BCUT2D eigenvalue weighted by Crippen LogP contribution is -2.35. The molecule has 0 spiro atoms. The zero-order valence-corrected chi connectivity index (χ0v) is 14.0. The fraction of sp³-hybridized carbons (Fsp3) is 0.611. The van der Waals surface area contributed by atoms with E-state index in [0.717, 1.165) is 31.5 Å². The third-order valence-corrected chi connectivity index (χ3v) is 3.71. The first-order chi connectivity index (χ1) is 9.81. The van der Waals surface area contributed by atoms with Crippen molar-refractivity contribution < 1.29 is 9.90 Å². The van der Waals surface area contributed by atoms with Crippen molar-refractivity contribution in [2.45, 2.75) is 58.9 Å². The van der Waals surface area contributed by atoms with E-state index in [0.29, 0.717) is 0 Å². The molecule has 1 rings (SSSR count). The van der Waals surface area contributed by atoms with Crippen LogP contribution in [-0.2, 0) is 10.2 Å². The van der Waals surface area contributed by atoms with Gasteiger partial charge in [0.15, 0.2) is 0 Å². The van der Waals surface area contributed by atoms with E-state index < -0.39 is 12.0 Å². The minimum Gasteiger partial charge on any atom is -0.480 e. The van der Waals surface area contributed by atoms with E-state index in [1.807, 2.05) is 12.1 Å². The van der Waals surface area contributed by atoms with Crippen molar-refractivity contribution in [1.82, 2.24) is 4.90 Å². The molecule has 0 bridgehead atoms. The van der Waals surface area contributed by atoms with Crippen molar-refractivity contribution in [2.75, 3.05) is 13.1 Å². The molecule has 118 valence electrons. The molecule has 0 fully saturated rings. The van der Waals surface area contributed by atoms with Gasteiger partial charge in [0.25, 0.3) is 0 Å². The van der Waals surface area contributed by atoms with Gasteiger partial charge in [-0.15, -0.1) is 0 Å². The molecule has 0 radical (unpaired) electrons. The van der Waals surface area contributed by atoms with Crippen LogP contribution in [0.25, 0.3) is 0 Å². The van der Waals surface area contributed by atoms with E-state index in [2.05, 4.69) is 51.7 Å². The van der Waals surface area contributed by atoms with Crippen molar-refractivity contribution in [1.29, 1.82) is 0 Å². The van der Waals surface area contributed by atoms with Crippen LogP contribution in [0.1, 0.15) is 64.6 Å². The molecule has 0 aliphatic rings. The van der Waals surface area contributed by atoms with E-state index >= 15 is 0 Å². The highest BCUT2D eigenvalue weighted by Gasteiger charge is 2.26. The molecule has 1 N–H and O–H groups in total. The van der Waals surface area contributed by atoms with E-state index in [1.165, 1.54) is 5.56 Å². The highest BCUT2D eigenvalue weighted by atomic mass is 16.4. The molecule has 0 heterocycles. The predicted octanol–water partition coefficient (Wildman–Crippen LogP) is 4.23. The summed E-state index contributed by atoms with van der Waals surface area (Å²) in [5.74, 6) is -0.764. The Morgan fingerprint density at radius 1 is 1.10 bits per heavy atom. The van der Waals surface area contributed by atoms with Crippen molar-refractivity contribution >= 4 is 5.97 Å². The van der Waals surface area contributed by atoms with Crippen LogP contribution in [0.5, 0.6) is 0 Å². The minimum atomic E-state index is -0.764. The van der Waals surface area contributed by atoms with Crippen LogP contribution in [-0.4, -0.2) is 29.1 Å². The highest BCUT2D eigenvalue weighted by Crippen LogP contribution is 2.26. The molecule has 21 heavy (non-hydrogen) atoms. The average Bonchev–Trinajstić information content (AvgIpc) is 2.38. The Labute approximate surface area is 129 Å². The van der Waals surface area contributed by atoms with Crippen LogP contribution in [0, 0.1) is 0 Å². The average molecular weight is 291 g/mol. The Bertz CT molecular complexity index is 439. The minimum absolute atomic E-state index is 0.0871. The SMILES string of the molecule is CCCN(CCC)C(C(=O)O)c1ccc(C(C)(C)C)cc1. The molecule has 0 saturated carbocycles. The molecule has 3 nitrogen and oxygen atoms in total.